The molecule has 9 rings (SSSR count). The highest BCUT2D eigenvalue weighted by atomic mass is 32.1. The van der Waals surface area contributed by atoms with E-state index >= 15 is 4.79 Å². The van der Waals surface area contributed by atoms with Gasteiger partial charge in [-0.15, -0.1) is 11.3 Å². The van der Waals surface area contributed by atoms with Crippen molar-refractivity contribution < 1.29 is 33.9 Å². The second-order valence-corrected chi connectivity index (χ2v) is 26.4. The number of likely N-dealkylation sites (N-methyl/N-ethyl adjacent to an activating group) is 2. The van der Waals surface area contributed by atoms with Gasteiger partial charge in [-0.2, -0.15) is 10.2 Å². The number of aromatic nitrogens is 2. The van der Waals surface area contributed by atoms with Crippen molar-refractivity contribution in [2.24, 2.45) is 38.1 Å². The van der Waals surface area contributed by atoms with Crippen molar-refractivity contribution in [1.82, 2.24) is 44.7 Å². The van der Waals surface area contributed by atoms with E-state index in [0.717, 1.165) is 55.4 Å². The summed E-state index contributed by atoms with van der Waals surface area (Å²) in [4.78, 5) is 80.1. The number of nitrogens with one attached hydrogen (secondary N) is 1. The lowest BCUT2D eigenvalue weighted by Gasteiger charge is -2.59. The van der Waals surface area contributed by atoms with E-state index in [4.69, 9.17) is 46.5 Å². The van der Waals surface area contributed by atoms with Gasteiger partial charge < -0.3 is 81.2 Å². The molecule has 8 N–H and O–H groups in total. The van der Waals surface area contributed by atoms with Gasteiger partial charge in [-0.3, -0.25) is 4.79 Å². The number of nitrogen functional groups attached to an aromatic ring is 1. The Morgan fingerprint density at radius 1 is 0.988 bits per heavy atom. The van der Waals surface area contributed by atoms with Gasteiger partial charge in [0.05, 0.1) is 11.6 Å². The first-order valence-electron chi connectivity index (χ1n) is 28.7. The molecule has 2 aromatic rings. The quantitative estimate of drug-likeness (QED) is 0.0616. The van der Waals surface area contributed by atoms with Crippen LogP contribution in [-0.4, -0.2) is 216 Å². The van der Waals surface area contributed by atoms with Crippen molar-refractivity contribution in [3.63, 3.8) is 0 Å². The van der Waals surface area contributed by atoms with Crippen LogP contribution in [-0.2, 0) is 19.1 Å². The molecule has 5 unspecified atom stereocenters. The monoisotopic (exact) mass is 1160 g/mol. The molecule has 5 fully saturated rings. The van der Waals surface area contributed by atoms with Gasteiger partial charge in [0.2, 0.25) is 18.0 Å². The molecule has 26 heteroatoms. The number of amides is 2. The molecule has 6 aliphatic heterocycles. The van der Waals surface area contributed by atoms with Crippen molar-refractivity contribution in [2.45, 2.75) is 115 Å². The fourth-order valence-electron chi connectivity index (χ4n) is 12.6. The Morgan fingerprint density at radius 3 is 2.40 bits per heavy atom. The number of ether oxygens (including phenoxy) is 2. The number of ketones is 1. The average molecular weight is 1170 g/mol. The third kappa shape index (κ3) is 13.1. The Kier molecular flexibility index (Phi) is 17.5. The minimum absolute atomic E-state index is 0.00829. The van der Waals surface area contributed by atoms with Crippen LogP contribution in [0.15, 0.2) is 58.2 Å². The van der Waals surface area contributed by atoms with E-state index in [9.17, 15) is 20.1 Å². The van der Waals surface area contributed by atoms with Crippen LogP contribution in [0.2, 0.25) is 0 Å². The van der Waals surface area contributed by atoms with Crippen molar-refractivity contribution in [3.8, 4) is 6.07 Å². The fourth-order valence-corrected chi connectivity index (χ4v) is 13.8. The van der Waals surface area contributed by atoms with Crippen molar-refractivity contribution >= 4 is 63.7 Å². The molecule has 8 heterocycles. The Hall–Kier alpha value is -7.37. The largest absolute Gasteiger partial charge is 0.444 e. The number of hydrogen-bond acceptors (Lipinski definition) is 22. The number of anilines is 3. The summed E-state index contributed by atoms with van der Waals surface area (Å²) in [7, 11) is 6.10. The van der Waals surface area contributed by atoms with Gasteiger partial charge in [-0.05, 0) is 119 Å². The van der Waals surface area contributed by atoms with Crippen LogP contribution >= 0.6 is 11.3 Å². The highest BCUT2D eigenvalue weighted by molar-refractivity contribution is 7.16. The Morgan fingerprint density at radius 2 is 1.70 bits per heavy atom. The van der Waals surface area contributed by atoms with E-state index in [1.807, 2.05) is 54.7 Å². The van der Waals surface area contributed by atoms with Gasteiger partial charge in [-0.25, -0.2) is 19.6 Å². The number of aliphatic imine (C=N–C) groups is 1. The number of thiophene rings is 1. The molecule has 0 bridgehead atoms. The topological polar surface area (TPSA) is 302 Å². The van der Waals surface area contributed by atoms with Crippen LogP contribution < -0.4 is 32.3 Å². The number of guanidine groups is 1. The number of nitrogens with two attached hydrogens (primary N) is 3. The molecule has 2 aromatic heterocycles. The maximum absolute atomic E-state index is 15.0. The van der Waals surface area contributed by atoms with Gasteiger partial charge in [0.15, 0.2) is 17.5 Å². The molecule has 83 heavy (non-hydrogen) atoms. The number of carbonyl (C=O) groups excluding carboxylic acids is 3. The first kappa shape index (κ1) is 60.2. The maximum Gasteiger partial charge on any atom is 0.410 e. The van der Waals surface area contributed by atoms with Crippen LogP contribution in [0.5, 0.6) is 0 Å². The molecule has 7 aliphatic rings. The Bertz CT molecular complexity index is 2990. The van der Waals surface area contributed by atoms with Crippen LogP contribution in [0, 0.1) is 22.7 Å². The molecule has 1 spiro atoms. The summed E-state index contributed by atoms with van der Waals surface area (Å²) in [6.45, 7) is 28.0. The van der Waals surface area contributed by atoms with E-state index in [2.05, 4.69) is 78.4 Å². The summed E-state index contributed by atoms with van der Waals surface area (Å²) in [5.41, 5.74) is 19.8. The highest BCUT2D eigenvalue weighted by Crippen LogP contribution is 2.58. The number of nitriles is 1. The predicted molar refractivity (Wildman–Crippen MR) is 319 cm³/mol. The summed E-state index contributed by atoms with van der Waals surface area (Å²) in [5, 5.41) is 32.0. The number of oxime groups is 2. The van der Waals surface area contributed by atoms with Gasteiger partial charge >= 0.3 is 12.2 Å². The van der Waals surface area contributed by atoms with Crippen molar-refractivity contribution in [3.05, 3.63) is 64.6 Å². The van der Waals surface area contributed by atoms with Gasteiger partial charge in [0.25, 0.3) is 0 Å². The first-order chi connectivity index (χ1) is 39.3. The molecule has 25 nitrogen and oxygen atoms in total. The van der Waals surface area contributed by atoms with E-state index < -0.39 is 46.8 Å². The number of likely N-dealkylation sites (tertiary alicyclic amines) is 2. The summed E-state index contributed by atoms with van der Waals surface area (Å²) < 4.78 is 11.6. The van der Waals surface area contributed by atoms with E-state index in [1.54, 1.807) is 15.9 Å². The lowest BCUT2D eigenvalue weighted by atomic mass is 9.62. The third-order valence-corrected chi connectivity index (χ3v) is 17.8. The number of rotatable bonds is 13. The lowest BCUT2D eigenvalue weighted by molar-refractivity contribution is -0.130. The molecular weight excluding hydrogens is 1080 g/mol. The predicted octanol–water partition coefficient (Wildman–Crippen LogP) is 4.24. The zero-order valence-electron chi connectivity index (χ0n) is 49.6. The SMILES string of the molecule is C=CC(O/N=C(\N)C1C=C(N(C)CC2CN(C(=O)OC(C)(C)C)C2)NC(N2CCCN(C)CC2=C)=N1)C(=O)[C@H]1CCC(C2N(C(=O)OC(C)(C)C)CC23CCN(c2cc(/C(N)=N/O)nc(N4CCCN(C)CC4)n2)C3)c2sc(N)c(C#N)c21. The van der Waals surface area contributed by atoms with Gasteiger partial charge in [-0.1, -0.05) is 23.5 Å². The molecule has 450 valence electrons. The smallest absolute Gasteiger partial charge is 0.410 e. The number of nitrogens with zero attached hydrogens (tertiary/aromatic N) is 14. The summed E-state index contributed by atoms with van der Waals surface area (Å²) in [5.74, 6) is 0.866. The number of carbonyl (C=O) groups is 3. The molecule has 2 amide bonds. The molecule has 0 radical (unpaired) electrons. The second-order valence-electron chi connectivity index (χ2n) is 25.3. The van der Waals surface area contributed by atoms with Crippen LogP contribution in [0.25, 0.3) is 0 Å². The highest BCUT2D eigenvalue weighted by Gasteiger charge is 2.62. The summed E-state index contributed by atoms with van der Waals surface area (Å²) >= 11 is 1.27. The third-order valence-electron chi connectivity index (χ3n) is 16.6. The standard InChI is InChI=1S/C57H84N18O7S/c1-12-41(82-67-49(60)40-25-42(64-52(63-40)74-21-14-19-69(10)28-34(74)2)70(11)29-35-30-73(31-35)53(77)80-55(3,4)5)45(76)36-15-16-37(46-44(36)38(27-58)50(61)83-46)47-57(33-75(47)54(78)81-56(6,7)8)17-22-72(32-57)43-26-39(48(59)66-79)62-51(65-43)71-20-13-18-68(9)23-24-71/h12,25-26,35-37,40-41,47,79H,1-2,13-24,28-33,61H2,3-11H3,(H2,59,66)(H2,60,67)(H,63,64)/t36-,37?,40?,41?,47?,57?/m0/s1. The first-order valence-corrected chi connectivity index (χ1v) is 29.5. The maximum atomic E-state index is 15.0. The average Bonchev–Trinajstić information content (AvgIpc) is 3.55. The zero-order chi connectivity index (χ0) is 59.9. The molecular formula is C57H84N18O7S. The Labute approximate surface area is 491 Å². The normalized spacial score (nSPS) is 25.4. The zero-order valence-corrected chi connectivity index (χ0v) is 50.5. The van der Waals surface area contributed by atoms with E-state index in [0.29, 0.717) is 107 Å². The number of hydrogen-bond donors (Lipinski definition) is 5. The van der Waals surface area contributed by atoms with Gasteiger partial charge in [0.1, 0.15) is 45.6 Å². The van der Waals surface area contributed by atoms with Crippen LogP contribution in [0.4, 0.5) is 26.4 Å². The van der Waals surface area contributed by atoms with Crippen LogP contribution in [0.1, 0.15) is 107 Å². The summed E-state index contributed by atoms with van der Waals surface area (Å²) in [6, 6.07) is 2.82. The lowest BCUT2D eigenvalue weighted by Crippen LogP contribution is -2.69. The molecule has 5 saturated heterocycles. The number of amidine groups is 2. The fraction of sp³-hybridized carbons (Fsp3) is 0.632. The van der Waals surface area contributed by atoms with Crippen molar-refractivity contribution in [2.75, 3.05) is 122 Å². The minimum Gasteiger partial charge on any atom is -0.444 e. The van der Waals surface area contributed by atoms with E-state index in [-0.39, 0.29) is 45.9 Å². The summed E-state index contributed by atoms with van der Waals surface area (Å²) in [6.07, 6.45) is 4.41. The van der Waals surface area contributed by atoms with Crippen LogP contribution in [0.3, 0.4) is 0 Å². The molecule has 1 aliphatic carbocycles. The molecule has 0 saturated carbocycles. The number of fused-ring (bicyclic) bond motifs is 1. The van der Waals surface area contributed by atoms with Gasteiger partial charge in [0, 0.05) is 119 Å². The molecule has 6 atom stereocenters. The molecule has 0 aromatic carbocycles. The van der Waals surface area contributed by atoms with Crippen molar-refractivity contribution in [1.29, 1.82) is 5.26 Å². The minimum atomic E-state index is -1.28. The van der Waals surface area contributed by atoms with E-state index in [1.165, 1.54) is 17.4 Å². The number of Topliss-reactive ketones (excluding diaryl/α,β-unsaturated/α-hetero) is 1. The Balaban J connectivity index is 0.970. The second kappa shape index (κ2) is 24.1.